The molecule has 0 spiro atoms. The maximum Gasteiger partial charge on any atom is 0.192 e. The Morgan fingerprint density at radius 1 is 1.26 bits per heavy atom. The fraction of sp³-hybridized carbons (Fsp3) is 0.526. The Labute approximate surface area is 140 Å². The van der Waals surface area contributed by atoms with Crippen LogP contribution in [0, 0.1) is 0 Å². The molecule has 0 saturated heterocycles. The fourth-order valence-electron chi connectivity index (χ4n) is 2.68. The van der Waals surface area contributed by atoms with Crippen LogP contribution in [-0.2, 0) is 10.8 Å². The lowest BCUT2D eigenvalue weighted by Crippen LogP contribution is -2.43. The van der Waals surface area contributed by atoms with Crippen LogP contribution in [0.1, 0.15) is 32.8 Å². The van der Waals surface area contributed by atoms with Crippen LogP contribution < -0.4 is 4.74 Å². The molecule has 1 aliphatic rings. The SMILES string of the molecule is CC(C)(C)[Si](C)(C)OC[C@H]1CCc2ccc3ncccc3c2O1. The van der Waals surface area contributed by atoms with Crippen molar-refractivity contribution in [1.29, 1.82) is 0 Å². The second-order valence-electron chi connectivity index (χ2n) is 7.97. The molecule has 0 aliphatic carbocycles. The first kappa shape index (κ1) is 16.5. The van der Waals surface area contributed by atoms with Crippen LogP contribution in [0.2, 0.25) is 18.1 Å². The zero-order valence-corrected chi connectivity index (χ0v) is 15.8. The first-order chi connectivity index (χ1) is 10.8. The number of aromatic nitrogens is 1. The third-order valence-electron chi connectivity index (χ3n) is 5.27. The Morgan fingerprint density at radius 3 is 2.78 bits per heavy atom. The number of aryl methyl sites for hydroxylation is 1. The molecule has 0 amide bonds. The van der Waals surface area contributed by atoms with E-state index in [2.05, 4.69) is 57.0 Å². The van der Waals surface area contributed by atoms with E-state index in [-0.39, 0.29) is 11.1 Å². The van der Waals surface area contributed by atoms with Crippen molar-refractivity contribution in [2.45, 2.75) is 57.8 Å². The molecule has 1 aromatic heterocycles. The van der Waals surface area contributed by atoms with E-state index in [0.717, 1.165) is 29.5 Å². The Balaban J connectivity index is 1.77. The average Bonchev–Trinajstić information content (AvgIpc) is 2.51. The van der Waals surface area contributed by atoms with Crippen molar-refractivity contribution in [1.82, 2.24) is 4.98 Å². The van der Waals surface area contributed by atoms with Gasteiger partial charge in [0.1, 0.15) is 11.9 Å². The van der Waals surface area contributed by atoms with Crippen LogP contribution in [0.25, 0.3) is 10.9 Å². The minimum Gasteiger partial charge on any atom is -0.487 e. The number of hydrogen-bond donors (Lipinski definition) is 0. The summed E-state index contributed by atoms with van der Waals surface area (Å²) >= 11 is 0. The maximum absolute atomic E-state index is 6.36. The number of hydrogen-bond acceptors (Lipinski definition) is 3. The molecule has 0 fully saturated rings. The summed E-state index contributed by atoms with van der Waals surface area (Å²) in [5, 5.41) is 1.35. The molecule has 23 heavy (non-hydrogen) atoms. The minimum atomic E-state index is -1.73. The zero-order chi connectivity index (χ0) is 16.7. The molecule has 2 aromatic rings. The van der Waals surface area contributed by atoms with Gasteiger partial charge in [-0.3, -0.25) is 4.98 Å². The first-order valence-corrected chi connectivity index (χ1v) is 11.4. The minimum absolute atomic E-state index is 0.141. The van der Waals surface area contributed by atoms with E-state index in [1.54, 1.807) is 0 Å². The first-order valence-electron chi connectivity index (χ1n) is 8.45. The molecule has 1 aromatic carbocycles. The van der Waals surface area contributed by atoms with Gasteiger partial charge in [0.25, 0.3) is 0 Å². The number of benzene rings is 1. The highest BCUT2D eigenvalue weighted by atomic mass is 28.4. The van der Waals surface area contributed by atoms with Gasteiger partial charge in [0, 0.05) is 11.6 Å². The van der Waals surface area contributed by atoms with Gasteiger partial charge in [-0.2, -0.15) is 0 Å². The zero-order valence-electron chi connectivity index (χ0n) is 14.8. The monoisotopic (exact) mass is 329 g/mol. The lowest BCUT2D eigenvalue weighted by molar-refractivity contribution is 0.104. The molecule has 1 atom stereocenters. The van der Waals surface area contributed by atoms with Gasteiger partial charge < -0.3 is 9.16 Å². The predicted octanol–water partition coefficient (Wildman–Crippen LogP) is 4.95. The summed E-state index contributed by atoms with van der Waals surface area (Å²) in [7, 11) is -1.73. The highest BCUT2D eigenvalue weighted by Crippen LogP contribution is 2.38. The van der Waals surface area contributed by atoms with E-state index in [1.165, 1.54) is 5.56 Å². The normalized spacial score (nSPS) is 18.6. The maximum atomic E-state index is 6.36. The van der Waals surface area contributed by atoms with Crippen molar-refractivity contribution in [3.05, 3.63) is 36.0 Å². The molecule has 3 nitrogen and oxygen atoms in total. The molecule has 2 heterocycles. The summed E-state index contributed by atoms with van der Waals surface area (Å²) in [6, 6.07) is 8.31. The standard InChI is InChI=1S/C19H27NO2Si/c1-19(2,3)23(4,5)21-13-15-10-8-14-9-11-17-16(18(14)22-15)7-6-12-20-17/h6-7,9,11-12,15H,8,10,13H2,1-5H3/t15-/m1/s1. The third-order valence-corrected chi connectivity index (χ3v) is 9.77. The Bertz CT molecular complexity index is 706. The largest absolute Gasteiger partial charge is 0.487 e. The highest BCUT2D eigenvalue weighted by molar-refractivity contribution is 6.74. The van der Waals surface area contributed by atoms with Crippen LogP contribution >= 0.6 is 0 Å². The van der Waals surface area contributed by atoms with Crippen molar-refractivity contribution in [3.8, 4) is 5.75 Å². The van der Waals surface area contributed by atoms with Crippen LogP contribution in [0.5, 0.6) is 5.75 Å². The van der Waals surface area contributed by atoms with Crippen LogP contribution in [0.4, 0.5) is 0 Å². The quantitative estimate of drug-likeness (QED) is 0.747. The topological polar surface area (TPSA) is 31.4 Å². The van der Waals surface area contributed by atoms with Crippen molar-refractivity contribution in [2.75, 3.05) is 6.61 Å². The number of rotatable bonds is 3. The van der Waals surface area contributed by atoms with Gasteiger partial charge in [-0.25, -0.2) is 0 Å². The molecule has 124 valence electrons. The van der Waals surface area contributed by atoms with Gasteiger partial charge in [0.15, 0.2) is 8.32 Å². The number of pyridine rings is 1. The van der Waals surface area contributed by atoms with Crippen molar-refractivity contribution >= 4 is 19.2 Å². The van der Waals surface area contributed by atoms with Gasteiger partial charge in [-0.1, -0.05) is 26.8 Å². The summed E-state index contributed by atoms with van der Waals surface area (Å²) in [6.45, 7) is 12.1. The van der Waals surface area contributed by atoms with Crippen LogP contribution in [-0.4, -0.2) is 26.0 Å². The van der Waals surface area contributed by atoms with E-state index in [4.69, 9.17) is 9.16 Å². The van der Waals surface area contributed by atoms with E-state index < -0.39 is 8.32 Å². The Kier molecular flexibility index (Phi) is 4.23. The summed E-state index contributed by atoms with van der Waals surface area (Å²) in [5.74, 6) is 1.01. The number of nitrogens with zero attached hydrogens (tertiary/aromatic N) is 1. The van der Waals surface area contributed by atoms with Gasteiger partial charge in [-0.05, 0) is 54.7 Å². The van der Waals surface area contributed by atoms with Gasteiger partial charge in [0.05, 0.1) is 12.1 Å². The van der Waals surface area contributed by atoms with Crippen molar-refractivity contribution in [3.63, 3.8) is 0 Å². The molecule has 4 heteroatoms. The summed E-state index contributed by atoms with van der Waals surface area (Å²) in [5.41, 5.74) is 2.28. The predicted molar refractivity (Wildman–Crippen MR) is 97.6 cm³/mol. The molecular formula is C19H27NO2Si. The number of fused-ring (bicyclic) bond motifs is 3. The third kappa shape index (κ3) is 3.28. The molecule has 0 saturated carbocycles. The van der Waals surface area contributed by atoms with Crippen LogP contribution in [0.3, 0.4) is 0 Å². The average molecular weight is 330 g/mol. The second-order valence-corrected chi connectivity index (χ2v) is 12.8. The molecule has 0 unspecified atom stereocenters. The van der Waals surface area contributed by atoms with Gasteiger partial charge >= 0.3 is 0 Å². The molecule has 0 radical (unpaired) electrons. The van der Waals surface area contributed by atoms with E-state index in [9.17, 15) is 0 Å². The lowest BCUT2D eigenvalue weighted by Gasteiger charge is -2.38. The molecular weight excluding hydrogens is 302 g/mol. The molecule has 0 bridgehead atoms. The summed E-state index contributed by atoms with van der Waals surface area (Å²) in [4.78, 5) is 4.43. The number of ether oxygens (including phenoxy) is 1. The smallest absolute Gasteiger partial charge is 0.192 e. The van der Waals surface area contributed by atoms with Gasteiger partial charge in [-0.15, -0.1) is 0 Å². The summed E-state index contributed by atoms with van der Waals surface area (Å²) < 4.78 is 12.7. The van der Waals surface area contributed by atoms with E-state index in [1.807, 2.05) is 12.3 Å². The lowest BCUT2D eigenvalue weighted by atomic mass is 10.00. The van der Waals surface area contributed by atoms with E-state index >= 15 is 0 Å². The van der Waals surface area contributed by atoms with Crippen molar-refractivity contribution < 1.29 is 9.16 Å². The molecule has 3 rings (SSSR count). The highest BCUT2D eigenvalue weighted by Gasteiger charge is 2.38. The van der Waals surface area contributed by atoms with Gasteiger partial charge in [0.2, 0.25) is 0 Å². The second kappa shape index (κ2) is 5.91. The van der Waals surface area contributed by atoms with Crippen LogP contribution in [0.15, 0.2) is 30.5 Å². The fourth-order valence-corrected chi connectivity index (χ4v) is 3.72. The molecule has 0 N–H and O–H groups in total. The van der Waals surface area contributed by atoms with Crippen molar-refractivity contribution in [2.24, 2.45) is 0 Å². The Hall–Kier alpha value is -1.39. The summed E-state index contributed by atoms with van der Waals surface area (Å²) in [6.07, 6.45) is 4.04. The molecule has 1 aliphatic heterocycles. The Morgan fingerprint density at radius 2 is 2.04 bits per heavy atom. The van der Waals surface area contributed by atoms with E-state index in [0.29, 0.717) is 6.61 Å².